The van der Waals surface area contributed by atoms with E-state index in [1.54, 1.807) is 6.07 Å². The highest BCUT2D eigenvalue weighted by molar-refractivity contribution is 7.98. The molecular weight excluding hydrogens is 323 g/mol. The van der Waals surface area contributed by atoms with Gasteiger partial charge < -0.3 is 14.0 Å². The molecule has 2 rings (SSSR count). The molecule has 132 valence electrons. The molecule has 0 N–H and O–H groups in total. The normalized spacial score (nSPS) is 19.4. The first-order valence-electron chi connectivity index (χ1n) is 8.13. The SMILES string of the molecule is CSc1cc(B2OC(C)(C)C(C)(C)O2)ccc1C(=O)OC(C)(C)C. The van der Waals surface area contributed by atoms with Crippen LogP contribution in [0.3, 0.4) is 0 Å². The molecule has 1 aromatic carbocycles. The molecule has 1 heterocycles. The molecule has 4 nitrogen and oxygen atoms in total. The van der Waals surface area contributed by atoms with E-state index in [0.717, 1.165) is 10.4 Å². The average Bonchev–Trinajstić information content (AvgIpc) is 2.65. The van der Waals surface area contributed by atoms with Crippen LogP contribution in [0.2, 0.25) is 0 Å². The van der Waals surface area contributed by atoms with Crippen LogP contribution in [0.25, 0.3) is 0 Å². The highest BCUT2D eigenvalue weighted by Gasteiger charge is 2.51. The lowest BCUT2D eigenvalue weighted by molar-refractivity contribution is 0.00578. The van der Waals surface area contributed by atoms with Crippen LogP contribution in [-0.2, 0) is 14.0 Å². The average molecular weight is 350 g/mol. The van der Waals surface area contributed by atoms with E-state index in [-0.39, 0.29) is 17.2 Å². The van der Waals surface area contributed by atoms with E-state index in [4.69, 9.17) is 14.0 Å². The Labute approximate surface area is 149 Å². The molecule has 0 bridgehead atoms. The minimum Gasteiger partial charge on any atom is -0.456 e. The Morgan fingerprint density at radius 1 is 1.12 bits per heavy atom. The van der Waals surface area contributed by atoms with Crippen molar-refractivity contribution in [1.82, 2.24) is 0 Å². The van der Waals surface area contributed by atoms with Crippen LogP contribution in [0.1, 0.15) is 58.8 Å². The van der Waals surface area contributed by atoms with Crippen LogP contribution in [0.15, 0.2) is 23.1 Å². The molecule has 1 aliphatic heterocycles. The molecule has 1 fully saturated rings. The van der Waals surface area contributed by atoms with Gasteiger partial charge in [-0.15, -0.1) is 11.8 Å². The fourth-order valence-electron chi connectivity index (χ4n) is 2.34. The van der Waals surface area contributed by atoms with E-state index in [1.807, 2.05) is 66.9 Å². The summed E-state index contributed by atoms with van der Waals surface area (Å²) >= 11 is 1.51. The van der Waals surface area contributed by atoms with Gasteiger partial charge in [0.05, 0.1) is 16.8 Å². The predicted molar refractivity (Wildman–Crippen MR) is 99.1 cm³/mol. The van der Waals surface area contributed by atoms with Crippen LogP contribution < -0.4 is 5.46 Å². The zero-order valence-electron chi connectivity index (χ0n) is 15.9. The highest BCUT2D eigenvalue weighted by atomic mass is 32.2. The van der Waals surface area contributed by atoms with E-state index in [9.17, 15) is 4.79 Å². The lowest BCUT2D eigenvalue weighted by Gasteiger charge is -2.32. The molecular formula is C18H27BO4S. The van der Waals surface area contributed by atoms with Crippen molar-refractivity contribution in [3.8, 4) is 0 Å². The number of hydrogen-bond acceptors (Lipinski definition) is 5. The molecule has 0 aliphatic carbocycles. The summed E-state index contributed by atoms with van der Waals surface area (Å²) in [6.07, 6.45) is 1.94. The van der Waals surface area contributed by atoms with Crippen molar-refractivity contribution in [3.05, 3.63) is 23.8 Å². The van der Waals surface area contributed by atoms with Crippen molar-refractivity contribution in [2.75, 3.05) is 6.26 Å². The first-order chi connectivity index (χ1) is 10.9. The van der Waals surface area contributed by atoms with Gasteiger partial charge in [-0.05, 0) is 72.3 Å². The van der Waals surface area contributed by atoms with Crippen molar-refractivity contribution in [2.45, 2.75) is 70.2 Å². The van der Waals surface area contributed by atoms with Crippen molar-refractivity contribution in [2.24, 2.45) is 0 Å². The van der Waals surface area contributed by atoms with Gasteiger partial charge in [0, 0.05) is 4.90 Å². The number of hydrogen-bond donors (Lipinski definition) is 0. The van der Waals surface area contributed by atoms with E-state index in [1.165, 1.54) is 11.8 Å². The van der Waals surface area contributed by atoms with Gasteiger partial charge in [-0.3, -0.25) is 0 Å². The van der Waals surface area contributed by atoms with Gasteiger partial charge in [-0.2, -0.15) is 0 Å². The summed E-state index contributed by atoms with van der Waals surface area (Å²) in [5.74, 6) is -0.313. The molecule has 0 amide bonds. The zero-order chi connectivity index (χ0) is 18.3. The molecule has 0 atom stereocenters. The quantitative estimate of drug-likeness (QED) is 0.473. The van der Waals surface area contributed by atoms with E-state index >= 15 is 0 Å². The molecule has 0 unspecified atom stereocenters. The van der Waals surface area contributed by atoms with Gasteiger partial charge >= 0.3 is 13.1 Å². The topological polar surface area (TPSA) is 44.8 Å². The summed E-state index contributed by atoms with van der Waals surface area (Å²) < 4.78 is 17.6. The number of benzene rings is 1. The smallest absolute Gasteiger partial charge is 0.456 e. The number of thioether (sulfide) groups is 1. The van der Waals surface area contributed by atoms with E-state index < -0.39 is 12.7 Å². The Hall–Kier alpha value is -0.975. The number of carbonyl (C=O) groups excluding carboxylic acids is 1. The lowest BCUT2D eigenvalue weighted by Crippen LogP contribution is -2.41. The summed E-state index contributed by atoms with van der Waals surface area (Å²) in [5.41, 5.74) is 0.183. The highest BCUT2D eigenvalue weighted by Crippen LogP contribution is 2.36. The van der Waals surface area contributed by atoms with Gasteiger partial charge in [0.25, 0.3) is 0 Å². The lowest BCUT2D eigenvalue weighted by atomic mass is 9.79. The Balaban J connectivity index is 2.29. The third-order valence-corrected chi connectivity index (χ3v) is 5.15. The minimum atomic E-state index is -0.517. The second kappa shape index (κ2) is 6.39. The first kappa shape index (κ1) is 19.4. The number of ether oxygens (including phenoxy) is 1. The van der Waals surface area contributed by atoms with Gasteiger partial charge in [-0.25, -0.2) is 4.79 Å². The Morgan fingerprint density at radius 3 is 2.12 bits per heavy atom. The van der Waals surface area contributed by atoms with Crippen LogP contribution in [0.5, 0.6) is 0 Å². The maximum Gasteiger partial charge on any atom is 0.494 e. The molecule has 0 saturated carbocycles. The second-order valence-electron chi connectivity index (χ2n) is 8.05. The van der Waals surface area contributed by atoms with Gasteiger partial charge in [0.1, 0.15) is 5.60 Å². The van der Waals surface area contributed by atoms with Gasteiger partial charge in [-0.1, -0.05) is 6.07 Å². The largest absolute Gasteiger partial charge is 0.494 e. The maximum atomic E-state index is 12.4. The zero-order valence-corrected chi connectivity index (χ0v) is 16.7. The molecule has 6 heteroatoms. The maximum absolute atomic E-state index is 12.4. The fourth-order valence-corrected chi connectivity index (χ4v) is 2.96. The van der Waals surface area contributed by atoms with Gasteiger partial charge in [0.2, 0.25) is 0 Å². The fraction of sp³-hybridized carbons (Fsp3) is 0.611. The summed E-state index contributed by atoms with van der Waals surface area (Å²) in [5, 5.41) is 0. The Morgan fingerprint density at radius 2 is 1.67 bits per heavy atom. The van der Waals surface area contributed by atoms with E-state index in [0.29, 0.717) is 5.56 Å². The molecule has 0 aromatic heterocycles. The molecule has 0 radical (unpaired) electrons. The summed E-state index contributed by atoms with van der Waals surface area (Å²) in [4.78, 5) is 13.2. The Kier molecular flexibility index (Phi) is 5.15. The van der Waals surface area contributed by atoms with Crippen LogP contribution in [0.4, 0.5) is 0 Å². The molecule has 0 spiro atoms. The van der Waals surface area contributed by atoms with Crippen molar-refractivity contribution in [1.29, 1.82) is 0 Å². The van der Waals surface area contributed by atoms with Gasteiger partial charge in [0.15, 0.2) is 0 Å². The third-order valence-electron chi connectivity index (χ3n) is 4.37. The molecule has 1 saturated heterocycles. The van der Waals surface area contributed by atoms with Crippen molar-refractivity contribution >= 4 is 30.3 Å². The molecule has 24 heavy (non-hydrogen) atoms. The second-order valence-corrected chi connectivity index (χ2v) is 8.90. The summed E-state index contributed by atoms with van der Waals surface area (Å²) in [6, 6.07) is 5.62. The summed E-state index contributed by atoms with van der Waals surface area (Å²) in [7, 11) is -0.436. The summed E-state index contributed by atoms with van der Waals surface area (Å²) in [6.45, 7) is 13.7. The van der Waals surface area contributed by atoms with Crippen LogP contribution in [-0.4, -0.2) is 36.1 Å². The predicted octanol–water partition coefficient (Wildman–Crippen LogP) is 3.66. The molecule has 1 aliphatic rings. The minimum absolute atomic E-state index is 0.313. The van der Waals surface area contributed by atoms with Crippen molar-refractivity contribution in [3.63, 3.8) is 0 Å². The number of esters is 1. The van der Waals surface area contributed by atoms with Crippen molar-refractivity contribution < 1.29 is 18.8 Å². The van der Waals surface area contributed by atoms with E-state index in [2.05, 4.69) is 0 Å². The first-order valence-corrected chi connectivity index (χ1v) is 9.36. The van der Waals surface area contributed by atoms with Crippen LogP contribution >= 0.6 is 11.8 Å². The Bertz CT molecular complexity index is 618. The monoisotopic (exact) mass is 350 g/mol. The molecule has 1 aromatic rings. The standard InChI is InChI=1S/C18H27BO4S/c1-16(2,3)21-15(20)13-10-9-12(11-14(13)24-8)19-22-17(4,5)18(6,7)23-19/h9-11H,1-8H3. The number of rotatable bonds is 3. The van der Waals surface area contributed by atoms with Crippen LogP contribution in [0, 0.1) is 0 Å². The third kappa shape index (κ3) is 3.98. The number of carbonyl (C=O) groups is 1.